The minimum absolute atomic E-state index is 0.216. The lowest BCUT2D eigenvalue weighted by molar-refractivity contribution is 0.0161. The van der Waals surface area contributed by atoms with Gasteiger partial charge in [-0.1, -0.05) is 30.3 Å². The maximum atomic E-state index is 12.4. The van der Waals surface area contributed by atoms with Crippen LogP contribution in [-0.4, -0.2) is 77.3 Å². The van der Waals surface area contributed by atoms with E-state index in [4.69, 9.17) is 4.74 Å². The summed E-state index contributed by atoms with van der Waals surface area (Å²) in [5.41, 5.74) is 1.36. The highest BCUT2D eigenvalue weighted by atomic mass is 16.6. The predicted molar refractivity (Wildman–Crippen MR) is 113 cm³/mol. The molecule has 4 rings (SSSR count). The molecule has 0 aromatic heterocycles. The van der Waals surface area contributed by atoms with Crippen LogP contribution in [0.2, 0.25) is 0 Å². The molecule has 3 fully saturated rings. The lowest BCUT2D eigenvalue weighted by Crippen LogP contribution is -2.53. The van der Waals surface area contributed by atoms with Crippen molar-refractivity contribution >= 4 is 12.2 Å². The van der Waals surface area contributed by atoms with Crippen LogP contribution in [0.4, 0.5) is 9.59 Å². The van der Waals surface area contributed by atoms with Crippen molar-refractivity contribution in [3.05, 3.63) is 35.9 Å². The molecule has 2 heterocycles. The first-order valence-electron chi connectivity index (χ1n) is 11.2. The summed E-state index contributed by atoms with van der Waals surface area (Å²) in [4.78, 5) is 29.5. The first-order chi connectivity index (χ1) is 14.5. The Morgan fingerprint density at radius 1 is 0.900 bits per heavy atom. The molecule has 2 aliphatic heterocycles. The average molecular weight is 416 g/mol. The van der Waals surface area contributed by atoms with Crippen LogP contribution in [0, 0.1) is 5.41 Å². The highest BCUT2D eigenvalue weighted by Crippen LogP contribution is 2.45. The molecule has 0 atom stereocenters. The largest absolute Gasteiger partial charge is 0.465 e. The fourth-order valence-electron chi connectivity index (χ4n) is 5.33. The van der Waals surface area contributed by atoms with Crippen LogP contribution in [0.15, 0.2) is 30.3 Å². The third-order valence-corrected chi connectivity index (χ3v) is 7.40. The van der Waals surface area contributed by atoms with Gasteiger partial charge in [0, 0.05) is 45.3 Å². The van der Waals surface area contributed by atoms with Crippen LogP contribution in [0.3, 0.4) is 0 Å². The standard InChI is InChI=1S/C23H33N3O4/c27-21(28)25-12-10-23(11-13-25)8-6-20(7-9-23)24-14-16-26(17-15-24)22(29)30-18-19-4-2-1-3-5-19/h1-5,20H,6-18H2,(H,27,28). The molecule has 1 aliphatic carbocycles. The van der Waals surface area contributed by atoms with Crippen molar-refractivity contribution in [3.8, 4) is 0 Å². The highest BCUT2D eigenvalue weighted by Gasteiger charge is 2.40. The van der Waals surface area contributed by atoms with Gasteiger partial charge in [-0.25, -0.2) is 9.59 Å². The molecule has 2 saturated heterocycles. The van der Waals surface area contributed by atoms with Gasteiger partial charge < -0.3 is 19.6 Å². The van der Waals surface area contributed by atoms with Crippen molar-refractivity contribution < 1.29 is 19.4 Å². The second kappa shape index (κ2) is 9.25. The minimum atomic E-state index is -0.779. The molecule has 0 bridgehead atoms. The Kier molecular flexibility index (Phi) is 6.46. The molecule has 2 amide bonds. The Labute approximate surface area is 178 Å². The molecule has 0 unspecified atom stereocenters. The van der Waals surface area contributed by atoms with Crippen LogP contribution in [0.1, 0.15) is 44.1 Å². The van der Waals surface area contributed by atoms with E-state index >= 15 is 0 Å². The second-order valence-electron chi connectivity index (χ2n) is 9.06. The van der Waals surface area contributed by atoms with Crippen LogP contribution in [-0.2, 0) is 11.3 Å². The Bertz CT molecular complexity index is 715. The Morgan fingerprint density at radius 3 is 2.13 bits per heavy atom. The number of ether oxygens (including phenoxy) is 1. The normalized spacial score (nSPS) is 22.8. The summed E-state index contributed by atoms with van der Waals surface area (Å²) < 4.78 is 5.47. The number of benzene rings is 1. The maximum Gasteiger partial charge on any atom is 0.410 e. The van der Waals surface area contributed by atoms with E-state index in [-0.39, 0.29) is 6.09 Å². The van der Waals surface area contributed by atoms with Gasteiger partial charge in [-0.2, -0.15) is 0 Å². The Morgan fingerprint density at radius 2 is 1.53 bits per heavy atom. The molecule has 7 heteroatoms. The highest BCUT2D eigenvalue weighted by molar-refractivity contribution is 5.67. The summed E-state index contributed by atoms with van der Waals surface area (Å²) in [6, 6.07) is 10.4. The molecule has 30 heavy (non-hydrogen) atoms. The summed E-state index contributed by atoms with van der Waals surface area (Å²) in [7, 11) is 0. The van der Waals surface area contributed by atoms with Crippen molar-refractivity contribution in [3.63, 3.8) is 0 Å². The number of rotatable bonds is 3. The van der Waals surface area contributed by atoms with E-state index in [2.05, 4.69) is 4.90 Å². The van der Waals surface area contributed by atoms with E-state index in [1.807, 2.05) is 35.2 Å². The Hall–Kier alpha value is -2.28. The van der Waals surface area contributed by atoms with E-state index in [0.29, 0.717) is 31.2 Å². The van der Waals surface area contributed by atoms with Gasteiger partial charge in [0.25, 0.3) is 0 Å². The molecular weight excluding hydrogens is 382 g/mol. The van der Waals surface area contributed by atoms with Crippen LogP contribution < -0.4 is 0 Å². The van der Waals surface area contributed by atoms with Gasteiger partial charge in [0.05, 0.1) is 0 Å². The number of piperazine rings is 1. The van der Waals surface area contributed by atoms with Crippen LogP contribution in [0.5, 0.6) is 0 Å². The molecule has 1 saturated carbocycles. The van der Waals surface area contributed by atoms with Crippen molar-refractivity contribution in [2.75, 3.05) is 39.3 Å². The summed E-state index contributed by atoms with van der Waals surface area (Å²) in [5.74, 6) is 0. The smallest absolute Gasteiger partial charge is 0.410 e. The number of carbonyl (C=O) groups is 2. The van der Waals surface area contributed by atoms with Gasteiger partial charge >= 0.3 is 12.2 Å². The van der Waals surface area contributed by atoms with Gasteiger partial charge in [-0.3, -0.25) is 4.90 Å². The van der Waals surface area contributed by atoms with E-state index in [1.54, 1.807) is 4.90 Å². The molecule has 1 N–H and O–H groups in total. The third-order valence-electron chi connectivity index (χ3n) is 7.40. The van der Waals surface area contributed by atoms with Gasteiger partial charge in [0.2, 0.25) is 0 Å². The SMILES string of the molecule is O=C(O)N1CCC2(CCC(N3CCN(C(=O)OCc4ccccc4)CC3)CC2)CC1. The van der Waals surface area contributed by atoms with Crippen LogP contribution >= 0.6 is 0 Å². The topological polar surface area (TPSA) is 73.3 Å². The quantitative estimate of drug-likeness (QED) is 0.816. The van der Waals surface area contributed by atoms with E-state index < -0.39 is 6.09 Å². The van der Waals surface area contributed by atoms with Gasteiger partial charge in [-0.05, 0) is 49.5 Å². The fourth-order valence-corrected chi connectivity index (χ4v) is 5.33. The number of carboxylic acid groups (broad SMARTS) is 1. The maximum absolute atomic E-state index is 12.4. The summed E-state index contributed by atoms with van der Waals surface area (Å²) >= 11 is 0. The number of hydrogen-bond acceptors (Lipinski definition) is 4. The van der Waals surface area contributed by atoms with Gasteiger partial charge in [0.1, 0.15) is 6.61 Å². The average Bonchev–Trinajstić information content (AvgIpc) is 2.79. The van der Waals surface area contributed by atoms with E-state index in [9.17, 15) is 14.7 Å². The zero-order valence-electron chi connectivity index (χ0n) is 17.7. The number of hydrogen-bond donors (Lipinski definition) is 1. The third kappa shape index (κ3) is 4.89. The molecule has 1 aromatic carbocycles. The fraction of sp³-hybridized carbons (Fsp3) is 0.652. The number of carbonyl (C=O) groups excluding carboxylic acids is 1. The summed E-state index contributed by atoms with van der Waals surface area (Å²) in [6.45, 7) is 4.96. The minimum Gasteiger partial charge on any atom is -0.465 e. The Balaban J connectivity index is 1.18. The molecule has 3 aliphatic rings. The molecule has 7 nitrogen and oxygen atoms in total. The lowest BCUT2D eigenvalue weighted by Gasteiger charge is -2.48. The molecular formula is C23H33N3O4. The van der Waals surface area contributed by atoms with Gasteiger partial charge in [-0.15, -0.1) is 0 Å². The van der Waals surface area contributed by atoms with Crippen molar-refractivity contribution in [2.45, 2.75) is 51.2 Å². The van der Waals surface area contributed by atoms with Crippen molar-refractivity contribution in [1.82, 2.24) is 14.7 Å². The number of likely N-dealkylation sites (tertiary alicyclic amines) is 1. The number of amides is 2. The summed E-state index contributed by atoms with van der Waals surface area (Å²) in [5, 5.41) is 9.17. The molecule has 0 radical (unpaired) electrons. The monoisotopic (exact) mass is 415 g/mol. The number of nitrogens with zero attached hydrogens (tertiary/aromatic N) is 3. The van der Waals surface area contributed by atoms with E-state index in [1.165, 1.54) is 25.7 Å². The summed E-state index contributed by atoms with van der Waals surface area (Å²) in [6.07, 6.45) is 5.79. The van der Waals surface area contributed by atoms with Gasteiger partial charge in [0.15, 0.2) is 0 Å². The van der Waals surface area contributed by atoms with Crippen LogP contribution in [0.25, 0.3) is 0 Å². The first kappa shape index (κ1) is 21.0. The molecule has 164 valence electrons. The second-order valence-corrected chi connectivity index (χ2v) is 9.06. The van der Waals surface area contributed by atoms with E-state index in [0.717, 1.165) is 44.6 Å². The molecule has 1 spiro atoms. The first-order valence-corrected chi connectivity index (χ1v) is 11.2. The van der Waals surface area contributed by atoms with Crippen molar-refractivity contribution in [2.24, 2.45) is 5.41 Å². The predicted octanol–water partition coefficient (Wildman–Crippen LogP) is 3.64. The zero-order chi connectivity index (χ0) is 21.0. The van der Waals surface area contributed by atoms with Crippen molar-refractivity contribution in [1.29, 1.82) is 0 Å². The lowest BCUT2D eigenvalue weighted by atomic mass is 9.66. The number of piperidine rings is 1. The zero-order valence-corrected chi connectivity index (χ0v) is 17.7. The molecule has 1 aromatic rings.